The molecule has 0 aromatic heterocycles. The van der Waals surface area contributed by atoms with Crippen LogP contribution < -0.4 is 15.5 Å². The van der Waals surface area contributed by atoms with E-state index in [1.807, 2.05) is 4.90 Å². The minimum atomic E-state index is -0.546. The highest BCUT2D eigenvalue weighted by Crippen LogP contribution is 2.24. The van der Waals surface area contributed by atoms with Crippen molar-refractivity contribution in [3.8, 4) is 0 Å². The predicted molar refractivity (Wildman–Crippen MR) is 124 cm³/mol. The third-order valence-corrected chi connectivity index (χ3v) is 5.09. The topological polar surface area (TPSA) is 42.9 Å². The van der Waals surface area contributed by atoms with Crippen molar-refractivity contribution in [1.82, 2.24) is 15.5 Å². The van der Waals surface area contributed by atoms with E-state index >= 15 is 0 Å². The number of nitrogens with zero attached hydrogens (tertiary/aromatic N) is 3. The van der Waals surface area contributed by atoms with Crippen LogP contribution in [0.2, 0.25) is 0 Å². The minimum absolute atomic E-state index is 0. The van der Waals surface area contributed by atoms with Gasteiger partial charge in [0.15, 0.2) is 5.96 Å². The van der Waals surface area contributed by atoms with Crippen LogP contribution in [0.25, 0.3) is 0 Å². The number of halogens is 3. The molecule has 1 aliphatic rings. The van der Waals surface area contributed by atoms with E-state index in [1.165, 1.54) is 12.1 Å². The van der Waals surface area contributed by atoms with Crippen LogP contribution in [-0.4, -0.2) is 63.2 Å². The van der Waals surface area contributed by atoms with Crippen molar-refractivity contribution in [1.29, 1.82) is 0 Å². The van der Waals surface area contributed by atoms with E-state index < -0.39 is 11.6 Å². The number of aliphatic imine (C=N–C) groups is 1. The Bertz CT molecular complexity index is 610. The molecule has 0 amide bonds. The summed E-state index contributed by atoms with van der Waals surface area (Å²) in [6.45, 7) is 9.99. The van der Waals surface area contributed by atoms with E-state index in [4.69, 9.17) is 0 Å². The van der Waals surface area contributed by atoms with E-state index in [1.54, 1.807) is 7.05 Å². The molecule has 1 heterocycles. The first kappa shape index (κ1) is 24.9. The molecule has 1 aliphatic heterocycles. The van der Waals surface area contributed by atoms with Gasteiger partial charge in [-0.1, -0.05) is 13.8 Å². The summed E-state index contributed by atoms with van der Waals surface area (Å²) >= 11 is 0. The van der Waals surface area contributed by atoms with Gasteiger partial charge in [-0.15, -0.1) is 24.0 Å². The second-order valence-corrected chi connectivity index (χ2v) is 6.90. The van der Waals surface area contributed by atoms with Gasteiger partial charge in [-0.25, -0.2) is 8.78 Å². The number of guanidine groups is 1. The molecule has 1 atom stereocenters. The van der Waals surface area contributed by atoms with E-state index in [0.717, 1.165) is 64.0 Å². The Hall–Kier alpha value is -1.16. The zero-order valence-corrected chi connectivity index (χ0v) is 19.5. The Balaban J connectivity index is 0.00000392. The number of nitrogens with one attached hydrogen (secondary N) is 2. The van der Waals surface area contributed by atoms with E-state index in [9.17, 15) is 8.78 Å². The number of hydrogen-bond donors (Lipinski definition) is 2. The number of hydrogen-bond acceptors (Lipinski definition) is 3. The predicted octanol–water partition coefficient (Wildman–Crippen LogP) is 3.45. The Morgan fingerprint density at radius 2 is 2.00 bits per heavy atom. The Morgan fingerprint density at radius 1 is 1.25 bits per heavy atom. The third-order valence-electron chi connectivity index (χ3n) is 5.09. The lowest BCUT2D eigenvalue weighted by molar-refractivity contribution is 0.297. The molecule has 0 aliphatic carbocycles. The van der Waals surface area contributed by atoms with Crippen molar-refractivity contribution in [2.45, 2.75) is 39.2 Å². The van der Waals surface area contributed by atoms with Gasteiger partial charge in [-0.3, -0.25) is 4.99 Å². The first-order chi connectivity index (χ1) is 13.1. The number of unbranched alkanes of at least 4 members (excludes halogenated alkanes) is 1. The van der Waals surface area contributed by atoms with E-state index in [2.05, 4.69) is 34.4 Å². The summed E-state index contributed by atoms with van der Waals surface area (Å²) in [6, 6.07) is 3.94. The summed E-state index contributed by atoms with van der Waals surface area (Å²) in [5.74, 6) is -0.272. The van der Waals surface area contributed by atoms with Gasteiger partial charge < -0.3 is 20.4 Å². The van der Waals surface area contributed by atoms with Crippen molar-refractivity contribution < 1.29 is 8.78 Å². The summed E-state index contributed by atoms with van der Waals surface area (Å²) in [7, 11) is 1.76. The van der Waals surface area contributed by atoms with Gasteiger partial charge >= 0.3 is 0 Å². The Labute approximate surface area is 185 Å². The van der Waals surface area contributed by atoms with Crippen LogP contribution >= 0.6 is 24.0 Å². The van der Waals surface area contributed by atoms with Gasteiger partial charge in [0.1, 0.15) is 11.6 Å². The molecule has 8 heteroatoms. The molecule has 1 saturated heterocycles. The molecule has 28 heavy (non-hydrogen) atoms. The molecular weight excluding hydrogens is 475 g/mol. The zero-order chi connectivity index (χ0) is 19.6. The maximum Gasteiger partial charge on any atom is 0.191 e. The van der Waals surface area contributed by atoms with E-state index in [0.29, 0.717) is 12.2 Å². The molecular formula is C20H34F2IN5. The smallest absolute Gasteiger partial charge is 0.191 e. The van der Waals surface area contributed by atoms with Gasteiger partial charge in [0, 0.05) is 38.8 Å². The minimum Gasteiger partial charge on any atom is -0.367 e. The van der Waals surface area contributed by atoms with Crippen molar-refractivity contribution >= 4 is 35.6 Å². The summed E-state index contributed by atoms with van der Waals surface area (Å²) in [5, 5.41) is 6.77. The van der Waals surface area contributed by atoms with Crippen molar-refractivity contribution in [2.75, 3.05) is 51.2 Å². The number of rotatable bonds is 9. The van der Waals surface area contributed by atoms with Crippen LogP contribution in [-0.2, 0) is 0 Å². The number of anilines is 1. The Morgan fingerprint density at radius 3 is 2.64 bits per heavy atom. The highest BCUT2D eigenvalue weighted by molar-refractivity contribution is 14.0. The van der Waals surface area contributed by atoms with Gasteiger partial charge in [0.2, 0.25) is 0 Å². The highest BCUT2D eigenvalue weighted by Gasteiger charge is 2.25. The molecule has 1 fully saturated rings. The third kappa shape index (κ3) is 7.69. The summed E-state index contributed by atoms with van der Waals surface area (Å²) in [5.41, 5.74) is 0.458. The molecule has 1 aromatic carbocycles. The van der Waals surface area contributed by atoms with Gasteiger partial charge in [-0.05, 0) is 51.0 Å². The maximum absolute atomic E-state index is 14.0. The highest BCUT2D eigenvalue weighted by atomic mass is 127. The van der Waals surface area contributed by atoms with Gasteiger partial charge in [-0.2, -0.15) is 0 Å². The average molecular weight is 509 g/mol. The molecule has 160 valence electrons. The molecule has 0 spiro atoms. The molecule has 2 N–H and O–H groups in total. The Kier molecular flexibility index (Phi) is 11.7. The van der Waals surface area contributed by atoms with Gasteiger partial charge in [0.05, 0.1) is 5.69 Å². The standard InChI is InChI=1S/C20H33F2N5.HI/c1-4-26(5-2)12-7-6-11-24-20(23-3)25-17-10-13-27(15-17)19-9-8-16(21)14-18(19)22;/h8-9,14,17H,4-7,10-13,15H2,1-3H3,(H2,23,24,25);1H. The summed E-state index contributed by atoms with van der Waals surface area (Å²) < 4.78 is 27.1. The first-order valence-electron chi connectivity index (χ1n) is 9.96. The molecule has 1 aromatic rings. The van der Waals surface area contributed by atoms with Crippen LogP contribution in [0.15, 0.2) is 23.2 Å². The average Bonchev–Trinajstić information content (AvgIpc) is 3.11. The summed E-state index contributed by atoms with van der Waals surface area (Å²) in [4.78, 5) is 8.66. The fraction of sp³-hybridized carbons (Fsp3) is 0.650. The second-order valence-electron chi connectivity index (χ2n) is 6.90. The molecule has 1 unspecified atom stereocenters. The first-order valence-corrected chi connectivity index (χ1v) is 9.96. The van der Waals surface area contributed by atoms with Crippen LogP contribution in [0, 0.1) is 11.6 Å². The molecule has 0 radical (unpaired) electrons. The lowest BCUT2D eigenvalue weighted by Crippen LogP contribution is -2.45. The van der Waals surface area contributed by atoms with Crippen LogP contribution in [0.5, 0.6) is 0 Å². The largest absolute Gasteiger partial charge is 0.367 e. The SMILES string of the molecule is CCN(CC)CCCCNC(=NC)NC1CCN(c2ccc(F)cc2F)C1.I. The van der Waals surface area contributed by atoms with Crippen molar-refractivity contribution in [2.24, 2.45) is 4.99 Å². The fourth-order valence-electron chi connectivity index (χ4n) is 3.43. The number of benzene rings is 1. The normalized spacial score (nSPS) is 17.0. The van der Waals surface area contributed by atoms with Crippen molar-refractivity contribution in [3.63, 3.8) is 0 Å². The molecule has 2 rings (SSSR count). The van der Waals surface area contributed by atoms with Crippen LogP contribution in [0.1, 0.15) is 33.1 Å². The molecule has 0 saturated carbocycles. The second kappa shape index (κ2) is 13.1. The van der Waals surface area contributed by atoms with Gasteiger partial charge in [0.25, 0.3) is 0 Å². The summed E-state index contributed by atoms with van der Waals surface area (Å²) in [6.07, 6.45) is 3.14. The van der Waals surface area contributed by atoms with Crippen LogP contribution in [0.4, 0.5) is 14.5 Å². The fourth-order valence-corrected chi connectivity index (χ4v) is 3.43. The lowest BCUT2D eigenvalue weighted by Gasteiger charge is -2.21. The maximum atomic E-state index is 14.0. The van der Waals surface area contributed by atoms with Crippen molar-refractivity contribution in [3.05, 3.63) is 29.8 Å². The van der Waals surface area contributed by atoms with E-state index in [-0.39, 0.29) is 30.0 Å². The zero-order valence-electron chi connectivity index (χ0n) is 17.2. The monoisotopic (exact) mass is 509 g/mol. The quantitative estimate of drug-likeness (QED) is 0.232. The van der Waals surface area contributed by atoms with Crippen LogP contribution in [0.3, 0.4) is 0 Å². The molecule has 0 bridgehead atoms. The lowest BCUT2D eigenvalue weighted by atomic mass is 10.2. The molecule has 5 nitrogen and oxygen atoms in total.